The van der Waals surface area contributed by atoms with Crippen LogP contribution < -0.4 is 4.74 Å². The van der Waals surface area contributed by atoms with E-state index in [1.165, 1.54) is 18.3 Å². The Morgan fingerprint density at radius 3 is 2.35 bits per heavy atom. The largest absolute Gasteiger partial charge is 0.473 e. The number of aromatic nitrogens is 2. The lowest BCUT2D eigenvalue weighted by Gasteiger charge is -2.07. The lowest BCUT2D eigenvalue weighted by atomic mass is 10.1. The van der Waals surface area contributed by atoms with Crippen molar-refractivity contribution in [1.29, 1.82) is 0 Å². The number of benzene rings is 1. The van der Waals surface area contributed by atoms with Gasteiger partial charge in [0.25, 0.3) is 0 Å². The molecule has 1 aromatic carbocycles. The molecule has 0 bridgehead atoms. The molecule has 1 aromatic heterocycles. The van der Waals surface area contributed by atoms with Crippen LogP contribution in [0.4, 0.5) is 13.2 Å². The molecule has 0 fully saturated rings. The van der Waals surface area contributed by atoms with Crippen molar-refractivity contribution >= 4 is 0 Å². The number of halogens is 3. The molecule has 6 heteroatoms. The normalized spacial score (nSPS) is 11.5. The van der Waals surface area contributed by atoms with Crippen LogP contribution in [-0.2, 0) is 12.8 Å². The molecule has 0 unspecified atom stereocenters. The second-order valence-electron chi connectivity index (χ2n) is 3.40. The smallest absolute Gasteiger partial charge is 0.416 e. The van der Waals surface area contributed by atoms with Crippen molar-refractivity contribution in [1.82, 2.24) is 10.2 Å². The monoisotopic (exact) mass is 242 g/mol. The molecule has 0 saturated heterocycles. The highest BCUT2D eigenvalue weighted by molar-refractivity contribution is 5.24. The van der Waals surface area contributed by atoms with Crippen LogP contribution in [-0.4, -0.2) is 10.2 Å². The second kappa shape index (κ2) is 4.48. The van der Waals surface area contributed by atoms with Crippen LogP contribution in [0.3, 0.4) is 0 Å². The Morgan fingerprint density at radius 1 is 1.12 bits per heavy atom. The standard InChI is InChI=1S/C11H9F3N2O/c12-11(13,14)9-3-1-8(2-4-9)7-17-10-5-6-15-16-10/h1-6H,7H2,(H,15,16). The minimum absolute atomic E-state index is 0.195. The molecular formula is C11H9F3N2O. The van der Waals surface area contributed by atoms with E-state index in [4.69, 9.17) is 4.74 Å². The molecule has 0 saturated carbocycles. The highest BCUT2D eigenvalue weighted by Gasteiger charge is 2.29. The summed E-state index contributed by atoms with van der Waals surface area (Å²) in [6.45, 7) is 0.195. The van der Waals surface area contributed by atoms with Crippen LogP contribution >= 0.6 is 0 Å². The van der Waals surface area contributed by atoms with Gasteiger partial charge in [-0.05, 0) is 17.7 Å². The molecule has 1 heterocycles. The van der Waals surface area contributed by atoms with Gasteiger partial charge in [-0.2, -0.15) is 18.3 Å². The molecule has 90 valence electrons. The zero-order valence-electron chi connectivity index (χ0n) is 8.66. The quantitative estimate of drug-likeness (QED) is 0.898. The van der Waals surface area contributed by atoms with Crippen molar-refractivity contribution in [2.75, 3.05) is 0 Å². The highest BCUT2D eigenvalue weighted by atomic mass is 19.4. The average molecular weight is 242 g/mol. The van der Waals surface area contributed by atoms with Crippen molar-refractivity contribution in [3.63, 3.8) is 0 Å². The van der Waals surface area contributed by atoms with Gasteiger partial charge in [0.05, 0.1) is 11.8 Å². The first-order valence-corrected chi connectivity index (χ1v) is 4.84. The Kier molecular flexibility index (Phi) is 3.03. The van der Waals surface area contributed by atoms with Crippen molar-refractivity contribution in [2.45, 2.75) is 12.8 Å². The van der Waals surface area contributed by atoms with E-state index < -0.39 is 11.7 Å². The minimum Gasteiger partial charge on any atom is -0.473 e. The zero-order valence-corrected chi connectivity index (χ0v) is 8.66. The predicted octanol–water partition coefficient (Wildman–Crippen LogP) is 3.01. The first kappa shape index (κ1) is 11.5. The summed E-state index contributed by atoms with van der Waals surface area (Å²) in [5.74, 6) is 0.477. The summed E-state index contributed by atoms with van der Waals surface area (Å²) in [4.78, 5) is 0. The number of rotatable bonds is 3. The first-order valence-electron chi connectivity index (χ1n) is 4.84. The third kappa shape index (κ3) is 2.99. The van der Waals surface area contributed by atoms with Crippen molar-refractivity contribution in [2.24, 2.45) is 0 Å². The van der Waals surface area contributed by atoms with Crippen molar-refractivity contribution in [3.8, 4) is 5.88 Å². The van der Waals surface area contributed by atoms with Crippen LogP contribution in [0.5, 0.6) is 5.88 Å². The molecule has 2 rings (SSSR count). The van der Waals surface area contributed by atoms with Gasteiger partial charge in [-0.1, -0.05) is 12.1 Å². The Bertz CT molecular complexity index is 462. The lowest BCUT2D eigenvalue weighted by molar-refractivity contribution is -0.137. The van der Waals surface area contributed by atoms with E-state index in [-0.39, 0.29) is 6.61 Å². The average Bonchev–Trinajstić information content (AvgIpc) is 2.78. The number of aromatic amines is 1. The summed E-state index contributed by atoms with van der Waals surface area (Å²) in [5, 5.41) is 6.27. The fourth-order valence-corrected chi connectivity index (χ4v) is 1.27. The summed E-state index contributed by atoms with van der Waals surface area (Å²) < 4.78 is 42.1. The Morgan fingerprint density at radius 2 is 1.82 bits per heavy atom. The van der Waals surface area contributed by atoms with E-state index in [0.29, 0.717) is 11.4 Å². The molecule has 0 aliphatic rings. The lowest BCUT2D eigenvalue weighted by Crippen LogP contribution is -2.05. The SMILES string of the molecule is FC(F)(F)c1ccc(COc2ccn[nH]2)cc1. The van der Waals surface area contributed by atoms with Crippen LogP contribution in [0, 0.1) is 0 Å². The van der Waals surface area contributed by atoms with Gasteiger partial charge >= 0.3 is 6.18 Å². The number of nitrogens with one attached hydrogen (secondary N) is 1. The summed E-state index contributed by atoms with van der Waals surface area (Å²) in [5.41, 5.74) is -0.00427. The number of hydrogen-bond donors (Lipinski definition) is 1. The van der Waals surface area contributed by atoms with Gasteiger partial charge in [0.1, 0.15) is 6.61 Å². The molecule has 0 aliphatic carbocycles. The van der Waals surface area contributed by atoms with Crippen LogP contribution in [0.15, 0.2) is 36.5 Å². The number of H-pyrrole nitrogens is 1. The minimum atomic E-state index is -4.30. The molecular weight excluding hydrogens is 233 g/mol. The number of alkyl halides is 3. The first-order chi connectivity index (χ1) is 8.05. The van der Waals surface area contributed by atoms with Gasteiger partial charge in [-0.15, -0.1) is 0 Å². The fourth-order valence-electron chi connectivity index (χ4n) is 1.27. The number of nitrogens with zero attached hydrogens (tertiary/aromatic N) is 1. The van der Waals surface area contributed by atoms with Gasteiger partial charge in [-0.3, -0.25) is 0 Å². The van der Waals surface area contributed by atoms with Crippen LogP contribution in [0.25, 0.3) is 0 Å². The summed E-state index contributed by atoms with van der Waals surface area (Å²) in [7, 11) is 0. The molecule has 0 aliphatic heterocycles. The Balaban J connectivity index is 1.99. The molecule has 0 amide bonds. The third-order valence-electron chi connectivity index (χ3n) is 2.15. The van der Waals surface area contributed by atoms with Crippen LogP contribution in [0.2, 0.25) is 0 Å². The molecule has 2 aromatic rings. The molecule has 3 nitrogen and oxygen atoms in total. The number of hydrogen-bond acceptors (Lipinski definition) is 2. The second-order valence-corrected chi connectivity index (χ2v) is 3.40. The van der Waals surface area contributed by atoms with E-state index in [0.717, 1.165) is 12.1 Å². The van der Waals surface area contributed by atoms with Crippen molar-refractivity contribution < 1.29 is 17.9 Å². The summed E-state index contributed by atoms with van der Waals surface area (Å²) >= 11 is 0. The Hall–Kier alpha value is -1.98. The van der Waals surface area contributed by atoms with E-state index >= 15 is 0 Å². The maximum absolute atomic E-state index is 12.3. The molecule has 0 radical (unpaired) electrons. The topological polar surface area (TPSA) is 37.9 Å². The van der Waals surface area contributed by atoms with Gasteiger partial charge in [0, 0.05) is 6.07 Å². The maximum Gasteiger partial charge on any atom is 0.416 e. The highest BCUT2D eigenvalue weighted by Crippen LogP contribution is 2.29. The van der Waals surface area contributed by atoms with Gasteiger partial charge in [-0.25, -0.2) is 5.10 Å². The van der Waals surface area contributed by atoms with E-state index in [2.05, 4.69) is 10.2 Å². The third-order valence-corrected chi connectivity index (χ3v) is 2.15. The number of ether oxygens (including phenoxy) is 1. The van der Waals surface area contributed by atoms with Gasteiger partial charge in [0.15, 0.2) is 0 Å². The zero-order chi connectivity index (χ0) is 12.3. The molecule has 0 spiro atoms. The van der Waals surface area contributed by atoms with Gasteiger partial charge < -0.3 is 4.74 Å². The Labute approximate surface area is 95.2 Å². The van der Waals surface area contributed by atoms with E-state index in [1.807, 2.05) is 0 Å². The van der Waals surface area contributed by atoms with Crippen LogP contribution in [0.1, 0.15) is 11.1 Å². The molecule has 17 heavy (non-hydrogen) atoms. The summed E-state index contributed by atoms with van der Waals surface area (Å²) in [6.07, 6.45) is -2.77. The molecule has 1 N–H and O–H groups in total. The van der Waals surface area contributed by atoms with E-state index in [1.54, 1.807) is 6.07 Å². The van der Waals surface area contributed by atoms with Crippen molar-refractivity contribution in [3.05, 3.63) is 47.7 Å². The predicted molar refractivity (Wildman–Crippen MR) is 54.4 cm³/mol. The summed E-state index contributed by atoms with van der Waals surface area (Å²) in [6, 6.07) is 6.47. The van der Waals surface area contributed by atoms with E-state index in [9.17, 15) is 13.2 Å². The van der Waals surface area contributed by atoms with Gasteiger partial charge in [0.2, 0.25) is 5.88 Å². The maximum atomic E-state index is 12.3. The molecule has 0 atom stereocenters. The fraction of sp³-hybridized carbons (Fsp3) is 0.182.